The number of hydrogen-bond acceptors (Lipinski definition) is 4. The lowest BCUT2D eigenvalue weighted by Crippen LogP contribution is -2.39. The van der Waals surface area contributed by atoms with E-state index in [1.807, 2.05) is 13.1 Å². The minimum atomic E-state index is 0.568. The zero-order valence-electron chi connectivity index (χ0n) is 16.3. The molecule has 0 spiro atoms. The zero-order chi connectivity index (χ0) is 18.1. The summed E-state index contributed by atoms with van der Waals surface area (Å²) in [6.07, 6.45) is 15.8. The van der Waals surface area contributed by atoms with Crippen molar-refractivity contribution in [3.8, 4) is 0 Å². The number of hydrogen-bond donors (Lipinski definition) is 3. The molecular weight excluding hydrogens is 320 g/mol. The molecule has 1 heterocycles. The van der Waals surface area contributed by atoms with Gasteiger partial charge >= 0.3 is 0 Å². The average Bonchev–Trinajstić information content (AvgIpc) is 3.19. The Labute approximate surface area is 159 Å². The number of rotatable bonds is 6. The lowest BCUT2D eigenvalue weighted by atomic mass is 9.80. The summed E-state index contributed by atoms with van der Waals surface area (Å²) in [5, 5.41) is 7.12. The molecule has 0 aromatic rings. The SMILES string of the molecule is C=C/C=C(\C=C(/N)NC1CCC2CC3CC(C2)C1C3)N1CC[C@H](NC)C1. The van der Waals surface area contributed by atoms with E-state index < -0.39 is 0 Å². The monoisotopic (exact) mass is 356 g/mol. The van der Waals surface area contributed by atoms with Crippen LogP contribution in [0.1, 0.15) is 44.9 Å². The van der Waals surface area contributed by atoms with Crippen molar-refractivity contribution in [3.63, 3.8) is 0 Å². The molecule has 0 radical (unpaired) electrons. The number of nitrogens with one attached hydrogen (secondary N) is 2. The summed E-state index contributed by atoms with van der Waals surface area (Å²) in [5.41, 5.74) is 7.67. The summed E-state index contributed by atoms with van der Waals surface area (Å²) in [7, 11) is 2.05. The molecule has 0 aromatic carbocycles. The third-order valence-electron chi connectivity index (χ3n) is 7.46. The van der Waals surface area contributed by atoms with Crippen molar-refractivity contribution in [2.75, 3.05) is 20.1 Å². The van der Waals surface area contributed by atoms with E-state index in [2.05, 4.69) is 34.3 Å². The molecule has 4 fully saturated rings. The number of nitrogens with two attached hydrogens (primary N) is 1. The summed E-state index contributed by atoms with van der Waals surface area (Å²) in [5.74, 6) is 4.60. The van der Waals surface area contributed by atoms with E-state index in [0.29, 0.717) is 12.1 Å². The summed E-state index contributed by atoms with van der Waals surface area (Å²) in [6, 6.07) is 1.14. The predicted molar refractivity (Wildman–Crippen MR) is 108 cm³/mol. The minimum Gasteiger partial charge on any atom is -0.385 e. The maximum atomic E-state index is 6.48. The Morgan fingerprint density at radius 1 is 1.12 bits per heavy atom. The Hall–Kier alpha value is -1.42. The topological polar surface area (TPSA) is 53.3 Å². The first-order valence-electron chi connectivity index (χ1n) is 10.6. The van der Waals surface area contributed by atoms with Crippen molar-refractivity contribution in [2.24, 2.45) is 29.4 Å². The van der Waals surface area contributed by atoms with Gasteiger partial charge in [0.1, 0.15) is 0 Å². The van der Waals surface area contributed by atoms with Gasteiger partial charge in [0.05, 0.1) is 5.82 Å². The molecule has 6 atom stereocenters. The van der Waals surface area contributed by atoms with Crippen LogP contribution in [0.5, 0.6) is 0 Å². The van der Waals surface area contributed by atoms with Crippen LogP contribution < -0.4 is 16.4 Å². The van der Waals surface area contributed by atoms with E-state index in [4.69, 9.17) is 5.73 Å². The number of likely N-dealkylation sites (tertiary alicyclic amines) is 1. The Morgan fingerprint density at radius 3 is 2.73 bits per heavy atom. The third kappa shape index (κ3) is 3.66. The second kappa shape index (κ2) is 7.67. The van der Waals surface area contributed by atoms with Crippen LogP contribution in [-0.2, 0) is 0 Å². The van der Waals surface area contributed by atoms with Crippen molar-refractivity contribution in [1.82, 2.24) is 15.5 Å². The van der Waals surface area contributed by atoms with Gasteiger partial charge in [-0.2, -0.15) is 0 Å². The summed E-state index contributed by atoms with van der Waals surface area (Å²) < 4.78 is 0. The van der Waals surface area contributed by atoms with E-state index in [0.717, 1.165) is 42.6 Å². The smallest absolute Gasteiger partial charge is 0.0983 e. The molecule has 3 bridgehead atoms. The molecule has 3 aliphatic carbocycles. The molecule has 144 valence electrons. The maximum absolute atomic E-state index is 6.48. The number of fused-ring (bicyclic) bond motifs is 2. The zero-order valence-corrected chi connectivity index (χ0v) is 16.3. The molecule has 26 heavy (non-hydrogen) atoms. The molecule has 1 saturated heterocycles. The fraction of sp³-hybridized carbons (Fsp3) is 0.727. The lowest BCUT2D eigenvalue weighted by molar-refractivity contribution is 0.254. The van der Waals surface area contributed by atoms with Crippen molar-refractivity contribution in [3.05, 3.63) is 36.3 Å². The number of nitrogens with zero attached hydrogens (tertiary/aromatic N) is 1. The van der Waals surface area contributed by atoms with E-state index >= 15 is 0 Å². The van der Waals surface area contributed by atoms with Gasteiger partial charge in [-0.25, -0.2) is 0 Å². The van der Waals surface area contributed by atoms with Crippen molar-refractivity contribution >= 4 is 0 Å². The fourth-order valence-electron chi connectivity index (χ4n) is 6.28. The van der Waals surface area contributed by atoms with Crippen molar-refractivity contribution in [2.45, 2.75) is 57.0 Å². The molecule has 4 nitrogen and oxygen atoms in total. The molecule has 0 aromatic heterocycles. The van der Waals surface area contributed by atoms with Crippen LogP contribution in [0.25, 0.3) is 0 Å². The maximum Gasteiger partial charge on any atom is 0.0983 e. The molecule has 4 heteroatoms. The van der Waals surface area contributed by atoms with Gasteiger partial charge in [0.2, 0.25) is 0 Å². The first kappa shape index (κ1) is 18.0. The van der Waals surface area contributed by atoms with Gasteiger partial charge in [-0.3, -0.25) is 0 Å². The van der Waals surface area contributed by atoms with E-state index in [9.17, 15) is 0 Å². The van der Waals surface area contributed by atoms with Crippen LogP contribution >= 0.6 is 0 Å². The molecule has 3 saturated carbocycles. The van der Waals surface area contributed by atoms with E-state index in [1.165, 1.54) is 50.6 Å². The first-order valence-corrected chi connectivity index (χ1v) is 10.6. The quantitative estimate of drug-likeness (QED) is 0.641. The molecular formula is C22H36N4. The predicted octanol–water partition coefficient (Wildman–Crippen LogP) is 2.95. The highest BCUT2D eigenvalue weighted by Gasteiger charge is 2.46. The minimum absolute atomic E-state index is 0.568. The number of allylic oxidation sites excluding steroid dienone is 3. The fourth-order valence-corrected chi connectivity index (χ4v) is 6.28. The Bertz CT molecular complexity index is 581. The van der Waals surface area contributed by atoms with Gasteiger partial charge in [0.25, 0.3) is 0 Å². The van der Waals surface area contributed by atoms with Crippen LogP contribution in [0.3, 0.4) is 0 Å². The number of likely N-dealkylation sites (N-methyl/N-ethyl adjacent to an activating group) is 1. The molecule has 4 N–H and O–H groups in total. The van der Waals surface area contributed by atoms with Crippen LogP contribution in [0.15, 0.2) is 36.3 Å². The molecule has 1 aliphatic heterocycles. The second-order valence-corrected chi connectivity index (χ2v) is 9.07. The van der Waals surface area contributed by atoms with Gasteiger partial charge in [-0.1, -0.05) is 12.7 Å². The molecule has 4 rings (SSSR count). The van der Waals surface area contributed by atoms with Crippen LogP contribution in [0.4, 0.5) is 0 Å². The highest BCUT2D eigenvalue weighted by molar-refractivity contribution is 5.26. The van der Waals surface area contributed by atoms with Gasteiger partial charge in [0.15, 0.2) is 0 Å². The Kier molecular flexibility index (Phi) is 5.30. The Morgan fingerprint density at radius 2 is 1.96 bits per heavy atom. The largest absolute Gasteiger partial charge is 0.385 e. The molecule has 5 unspecified atom stereocenters. The average molecular weight is 357 g/mol. The van der Waals surface area contributed by atoms with Crippen molar-refractivity contribution in [1.29, 1.82) is 0 Å². The normalized spacial score (nSPS) is 40.0. The highest BCUT2D eigenvalue weighted by Crippen LogP contribution is 2.53. The first-order chi connectivity index (χ1) is 12.7. The van der Waals surface area contributed by atoms with Crippen LogP contribution in [0.2, 0.25) is 0 Å². The summed E-state index contributed by atoms with van der Waals surface area (Å²) in [4.78, 5) is 2.41. The molecule has 0 amide bonds. The second-order valence-electron chi connectivity index (χ2n) is 9.07. The van der Waals surface area contributed by atoms with E-state index in [-0.39, 0.29) is 0 Å². The van der Waals surface area contributed by atoms with Gasteiger partial charge < -0.3 is 21.3 Å². The highest BCUT2D eigenvalue weighted by atomic mass is 15.2. The summed E-state index contributed by atoms with van der Waals surface area (Å²) >= 11 is 0. The van der Waals surface area contributed by atoms with Gasteiger partial charge in [-0.05, 0) is 81.7 Å². The third-order valence-corrected chi connectivity index (χ3v) is 7.46. The van der Waals surface area contributed by atoms with Crippen molar-refractivity contribution < 1.29 is 0 Å². The molecule has 4 aliphatic rings. The van der Waals surface area contributed by atoms with Crippen LogP contribution in [-0.4, -0.2) is 37.1 Å². The van der Waals surface area contributed by atoms with Gasteiger partial charge in [-0.15, -0.1) is 0 Å². The standard InChI is InChI=1S/C22H36N4/c1-3-4-19(26-8-7-18(14-26)24-2)13-22(23)25-21-6-5-15-9-16-11-17(10-15)20(21)12-16/h3-4,13,15-18,20-21,24-25H,1,5-12,14,23H2,2H3/b19-4+,22-13+/t15?,16?,17?,18-,20?,21?/m0/s1. The summed E-state index contributed by atoms with van der Waals surface area (Å²) in [6.45, 7) is 6.01. The Balaban J connectivity index is 1.43. The van der Waals surface area contributed by atoms with Crippen LogP contribution in [0, 0.1) is 23.7 Å². The van der Waals surface area contributed by atoms with Gasteiger partial charge in [0, 0.05) is 36.9 Å². The lowest BCUT2D eigenvalue weighted by Gasteiger charge is -2.28. The van der Waals surface area contributed by atoms with E-state index in [1.54, 1.807) is 0 Å².